The quantitative estimate of drug-likeness (QED) is 0.229. The first-order valence-corrected chi connectivity index (χ1v) is 11.0. The molecule has 4 heteroatoms. The molecule has 0 aliphatic rings. The van der Waals surface area contributed by atoms with E-state index in [0.717, 1.165) is 51.4 Å². The summed E-state index contributed by atoms with van der Waals surface area (Å²) in [4.78, 5) is 11.5. The Labute approximate surface area is 178 Å². The van der Waals surface area contributed by atoms with Gasteiger partial charge in [0.2, 0.25) is 5.91 Å². The minimum absolute atomic E-state index is 0.00624. The molecule has 0 saturated carbocycles. The van der Waals surface area contributed by atoms with Crippen LogP contribution in [0.1, 0.15) is 78.6 Å². The van der Waals surface area contributed by atoms with E-state index in [1.54, 1.807) is 6.92 Å². The first kappa shape index (κ1) is 27.4. The van der Waals surface area contributed by atoms with Crippen molar-refractivity contribution in [2.45, 2.75) is 84.6 Å². The van der Waals surface area contributed by atoms with E-state index in [1.165, 1.54) is 0 Å². The van der Waals surface area contributed by atoms with E-state index in [0.29, 0.717) is 6.42 Å². The summed E-state index contributed by atoms with van der Waals surface area (Å²) in [6.07, 6.45) is 25.6. The van der Waals surface area contributed by atoms with Crippen molar-refractivity contribution in [2.75, 3.05) is 13.2 Å². The van der Waals surface area contributed by atoms with Crippen LogP contribution < -0.4 is 5.32 Å². The summed E-state index contributed by atoms with van der Waals surface area (Å²) in [5.41, 5.74) is 0.205. The molecule has 0 fully saturated rings. The maximum Gasteiger partial charge on any atom is 0.220 e. The average Bonchev–Trinajstić information content (AvgIpc) is 2.68. The lowest BCUT2D eigenvalue weighted by atomic mass is 9.86. The minimum atomic E-state index is -0.164. The van der Waals surface area contributed by atoms with Crippen LogP contribution in [0.4, 0.5) is 0 Å². The predicted octanol–water partition coefficient (Wildman–Crippen LogP) is 5.24. The zero-order valence-electron chi connectivity index (χ0n) is 18.8. The summed E-state index contributed by atoms with van der Waals surface area (Å²) >= 11 is 0. The summed E-state index contributed by atoms with van der Waals surface area (Å²) < 4.78 is 0. The Balaban J connectivity index is 3.71. The number of rotatable bonds is 17. The number of aliphatic hydroxyl groups excluding tert-OH is 2. The van der Waals surface area contributed by atoms with Gasteiger partial charge in [-0.1, -0.05) is 68.9 Å². The third-order valence-electron chi connectivity index (χ3n) is 4.57. The molecule has 1 amide bonds. The van der Waals surface area contributed by atoms with Crippen LogP contribution in [0.3, 0.4) is 0 Å². The van der Waals surface area contributed by atoms with Crippen LogP contribution in [0.5, 0.6) is 0 Å². The second-order valence-corrected chi connectivity index (χ2v) is 8.24. The van der Waals surface area contributed by atoms with Crippen molar-refractivity contribution < 1.29 is 15.0 Å². The van der Waals surface area contributed by atoms with Crippen LogP contribution in [-0.4, -0.2) is 35.4 Å². The van der Waals surface area contributed by atoms with E-state index in [9.17, 15) is 4.79 Å². The van der Waals surface area contributed by atoms with Gasteiger partial charge < -0.3 is 15.5 Å². The third-order valence-corrected chi connectivity index (χ3v) is 4.57. The van der Waals surface area contributed by atoms with Gasteiger partial charge in [0.25, 0.3) is 0 Å². The number of carbonyl (C=O) groups is 1. The van der Waals surface area contributed by atoms with Gasteiger partial charge in [0.05, 0.1) is 6.61 Å². The Morgan fingerprint density at radius 2 is 1.48 bits per heavy atom. The highest BCUT2D eigenvalue weighted by atomic mass is 16.3. The van der Waals surface area contributed by atoms with E-state index in [1.807, 2.05) is 0 Å². The lowest BCUT2D eigenvalue weighted by Crippen LogP contribution is -2.34. The fourth-order valence-electron chi connectivity index (χ4n) is 2.77. The molecule has 4 nitrogen and oxygen atoms in total. The second-order valence-electron chi connectivity index (χ2n) is 8.24. The van der Waals surface area contributed by atoms with Gasteiger partial charge in [0.1, 0.15) is 0 Å². The number of allylic oxidation sites excluding steroid dienone is 8. The highest BCUT2D eigenvalue weighted by molar-refractivity contribution is 5.76. The van der Waals surface area contributed by atoms with Crippen LogP contribution in [0.15, 0.2) is 48.6 Å². The number of amides is 1. The molecule has 0 aromatic rings. The summed E-state index contributed by atoms with van der Waals surface area (Å²) in [6, 6.07) is -0.164. The molecule has 0 radical (unpaired) electrons. The molecule has 1 unspecified atom stereocenters. The van der Waals surface area contributed by atoms with Crippen molar-refractivity contribution in [3.63, 3.8) is 0 Å². The molecule has 0 aliphatic heterocycles. The van der Waals surface area contributed by atoms with E-state index in [4.69, 9.17) is 10.2 Å². The molecule has 0 spiro atoms. The molecule has 0 aromatic heterocycles. The predicted molar refractivity (Wildman–Crippen MR) is 124 cm³/mol. The van der Waals surface area contributed by atoms with Gasteiger partial charge in [-0.2, -0.15) is 0 Å². The monoisotopic (exact) mass is 405 g/mol. The largest absolute Gasteiger partial charge is 0.396 e. The molecular weight excluding hydrogens is 362 g/mol. The minimum Gasteiger partial charge on any atom is -0.396 e. The molecule has 166 valence electrons. The van der Waals surface area contributed by atoms with Crippen LogP contribution >= 0.6 is 0 Å². The van der Waals surface area contributed by atoms with Gasteiger partial charge >= 0.3 is 0 Å². The maximum atomic E-state index is 11.5. The van der Waals surface area contributed by atoms with Gasteiger partial charge in [-0.25, -0.2) is 0 Å². The Kier molecular flexibility index (Phi) is 17.3. The van der Waals surface area contributed by atoms with Crippen LogP contribution in [-0.2, 0) is 4.79 Å². The van der Waals surface area contributed by atoms with Gasteiger partial charge in [-0.3, -0.25) is 4.79 Å². The highest BCUT2D eigenvalue weighted by Crippen LogP contribution is 2.24. The topological polar surface area (TPSA) is 69.6 Å². The number of hydrogen-bond acceptors (Lipinski definition) is 3. The van der Waals surface area contributed by atoms with E-state index >= 15 is 0 Å². The van der Waals surface area contributed by atoms with Crippen molar-refractivity contribution in [3.8, 4) is 0 Å². The Bertz CT molecular complexity index is 518. The first-order chi connectivity index (χ1) is 13.9. The molecular formula is C25H43NO3. The van der Waals surface area contributed by atoms with Crippen LogP contribution in [0, 0.1) is 5.41 Å². The number of aliphatic hydroxyl groups is 2. The van der Waals surface area contributed by atoms with Crippen LogP contribution in [0.2, 0.25) is 0 Å². The lowest BCUT2D eigenvalue weighted by Gasteiger charge is -2.19. The third kappa shape index (κ3) is 19.4. The zero-order valence-corrected chi connectivity index (χ0v) is 18.8. The number of hydrogen-bond donors (Lipinski definition) is 3. The molecule has 0 aliphatic carbocycles. The summed E-state index contributed by atoms with van der Waals surface area (Å²) in [5, 5.41) is 20.5. The first-order valence-electron chi connectivity index (χ1n) is 11.0. The lowest BCUT2D eigenvalue weighted by molar-refractivity contribution is -0.122. The van der Waals surface area contributed by atoms with Crippen molar-refractivity contribution in [2.24, 2.45) is 5.41 Å². The molecule has 0 rings (SSSR count). The van der Waals surface area contributed by atoms with Gasteiger partial charge in [0, 0.05) is 19.1 Å². The molecule has 0 saturated heterocycles. The van der Waals surface area contributed by atoms with Crippen molar-refractivity contribution >= 4 is 5.91 Å². The second kappa shape index (κ2) is 18.4. The summed E-state index contributed by atoms with van der Waals surface area (Å²) in [7, 11) is 0. The number of nitrogens with one attached hydrogen (secondary N) is 1. The Morgan fingerprint density at radius 3 is 2.07 bits per heavy atom. The maximum absolute atomic E-state index is 11.5. The molecule has 0 bridgehead atoms. The van der Waals surface area contributed by atoms with Crippen molar-refractivity contribution in [3.05, 3.63) is 48.6 Å². The molecule has 0 heterocycles. The van der Waals surface area contributed by atoms with Gasteiger partial charge in [-0.15, -0.1) is 0 Å². The van der Waals surface area contributed by atoms with Gasteiger partial charge in [-0.05, 0) is 57.3 Å². The van der Waals surface area contributed by atoms with E-state index in [-0.39, 0.29) is 30.6 Å². The van der Waals surface area contributed by atoms with Crippen LogP contribution in [0.25, 0.3) is 0 Å². The summed E-state index contributed by atoms with van der Waals surface area (Å²) in [6.45, 7) is 6.55. The smallest absolute Gasteiger partial charge is 0.220 e. The SMILES string of the molecule is CC(CO)NC(=O)CCC/C=C\C/C=C\C/C=C\C/C=C\C(C)(C)CCCCO. The highest BCUT2D eigenvalue weighted by Gasteiger charge is 2.12. The fourth-order valence-corrected chi connectivity index (χ4v) is 2.77. The normalized spacial score (nSPS) is 14.0. The average molecular weight is 406 g/mol. The Morgan fingerprint density at radius 1 is 0.897 bits per heavy atom. The van der Waals surface area contributed by atoms with Crippen molar-refractivity contribution in [1.29, 1.82) is 0 Å². The molecule has 29 heavy (non-hydrogen) atoms. The van der Waals surface area contributed by atoms with Crippen molar-refractivity contribution in [1.82, 2.24) is 5.32 Å². The number of unbranched alkanes of at least 4 members (excludes halogenated alkanes) is 2. The summed E-state index contributed by atoms with van der Waals surface area (Å²) in [5.74, 6) is 0.00624. The molecule has 1 atom stereocenters. The van der Waals surface area contributed by atoms with E-state index < -0.39 is 0 Å². The van der Waals surface area contributed by atoms with Gasteiger partial charge in [0.15, 0.2) is 0 Å². The standard InChI is InChI=1S/C25H43NO3/c1-23(22-28)26-24(29)18-14-12-10-8-6-4-5-7-9-11-13-15-19-25(2,3)20-16-17-21-27/h4-5,8-11,15,19,23,27-28H,6-7,12-14,16-18,20-22H2,1-3H3,(H,26,29)/b5-4-,10-8-,11-9-,19-15-. The molecule has 0 aromatic carbocycles. The Hall–Kier alpha value is -1.65. The number of carbonyl (C=O) groups excluding carboxylic acids is 1. The van der Waals surface area contributed by atoms with E-state index in [2.05, 4.69) is 67.8 Å². The molecule has 3 N–H and O–H groups in total. The fraction of sp³-hybridized carbons (Fsp3) is 0.640. The zero-order chi connectivity index (χ0) is 21.8.